The van der Waals surface area contributed by atoms with Gasteiger partial charge in [0, 0.05) is 0 Å². The van der Waals surface area contributed by atoms with Gasteiger partial charge in [0.2, 0.25) is 10.0 Å². The maximum atomic E-state index is 11.1. The number of hydrogen-bond donors (Lipinski definition) is 1. The summed E-state index contributed by atoms with van der Waals surface area (Å²) in [6, 6.07) is 5.67. The highest BCUT2D eigenvalue weighted by Gasteiger charge is 2.19. The highest BCUT2D eigenvalue weighted by atomic mass is 32.2. The minimum Gasteiger partial charge on any atom is -0.228 e. The monoisotopic (exact) mass is 213 g/mol. The molecule has 2 N–H and O–H groups in total. The summed E-state index contributed by atoms with van der Waals surface area (Å²) in [7, 11) is -3.49. The average molecular weight is 213 g/mol. The van der Waals surface area contributed by atoms with Crippen LogP contribution in [-0.2, 0) is 10.0 Å². The van der Waals surface area contributed by atoms with Gasteiger partial charge in [0.05, 0.1) is 5.25 Å². The van der Waals surface area contributed by atoms with Gasteiger partial charge in [-0.3, -0.25) is 0 Å². The molecule has 78 valence electrons. The van der Waals surface area contributed by atoms with Crippen molar-refractivity contribution in [3.05, 3.63) is 34.9 Å². The lowest BCUT2D eigenvalue weighted by atomic mass is 10.0. The van der Waals surface area contributed by atoms with Crippen molar-refractivity contribution >= 4 is 10.0 Å². The lowest BCUT2D eigenvalue weighted by Gasteiger charge is -2.12. The van der Waals surface area contributed by atoms with Gasteiger partial charge in [-0.15, -0.1) is 0 Å². The van der Waals surface area contributed by atoms with Crippen molar-refractivity contribution in [1.29, 1.82) is 0 Å². The Kier molecular flexibility index (Phi) is 2.97. The van der Waals surface area contributed by atoms with Gasteiger partial charge in [-0.1, -0.05) is 23.8 Å². The number of sulfonamides is 1. The van der Waals surface area contributed by atoms with E-state index < -0.39 is 15.3 Å². The van der Waals surface area contributed by atoms with E-state index in [9.17, 15) is 8.42 Å². The maximum Gasteiger partial charge on any atom is 0.215 e. The first-order valence-electron chi connectivity index (χ1n) is 4.41. The van der Waals surface area contributed by atoms with Gasteiger partial charge in [-0.25, -0.2) is 13.6 Å². The van der Waals surface area contributed by atoms with Crippen LogP contribution in [0.3, 0.4) is 0 Å². The Morgan fingerprint density at radius 1 is 1.29 bits per heavy atom. The van der Waals surface area contributed by atoms with Crippen molar-refractivity contribution in [2.45, 2.75) is 26.0 Å². The molecule has 0 aliphatic rings. The van der Waals surface area contributed by atoms with Crippen LogP contribution in [0.1, 0.15) is 28.9 Å². The Balaban J connectivity index is 3.21. The van der Waals surface area contributed by atoms with E-state index in [-0.39, 0.29) is 0 Å². The topological polar surface area (TPSA) is 60.2 Å². The zero-order valence-electron chi connectivity index (χ0n) is 8.61. The van der Waals surface area contributed by atoms with Crippen molar-refractivity contribution in [1.82, 2.24) is 0 Å². The fourth-order valence-corrected chi connectivity index (χ4v) is 2.08. The second kappa shape index (κ2) is 3.71. The van der Waals surface area contributed by atoms with Crippen LogP contribution in [0, 0.1) is 13.8 Å². The first-order chi connectivity index (χ1) is 6.32. The molecule has 4 heteroatoms. The molecule has 0 aliphatic carbocycles. The van der Waals surface area contributed by atoms with Crippen molar-refractivity contribution in [3.8, 4) is 0 Å². The summed E-state index contributed by atoms with van der Waals surface area (Å²) < 4.78 is 22.3. The van der Waals surface area contributed by atoms with Gasteiger partial charge in [-0.2, -0.15) is 0 Å². The first kappa shape index (κ1) is 11.2. The van der Waals surface area contributed by atoms with Gasteiger partial charge in [-0.05, 0) is 31.9 Å². The lowest BCUT2D eigenvalue weighted by molar-refractivity contribution is 0.587. The molecular formula is C10H15NO2S. The van der Waals surface area contributed by atoms with E-state index in [1.807, 2.05) is 32.0 Å². The third-order valence-corrected chi connectivity index (χ3v) is 3.60. The molecule has 0 spiro atoms. The summed E-state index contributed by atoms with van der Waals surface area (Å²) in [6.07, 6.45) is 0. The fourth-order valence-electron chi connectivity index (χ4n) is 1.46. The van der Waals surface area contributed by atoms with E-state index in [2.05, 4.69) is 0 Å². The lowest BCUT2D eigenvalue weighted by Crippen LogP contribution is -2.19. The van der Waals surface area contributed by atoms with Gasteiger partial charge in [0.1, 0.15) is 0 Å². The van der Waals surface area contributed by atoms with Gasteiger partial charge < -0.3 is 0 Å². The highest BCUT2D eigenvalue weighted by Crippen LogP contribution is 2.23. The Bertz CT molecular complexity index is 437. The molecule has 0 saturated carbocycles. The predicted octanol–water partition coefficient (Wildman–Crippen LogP) is 1.65. The number of nitrogens with two attached hydrogens (primary N) is 1. The number of aryl methyl sites for hydroxylation is 2. The Labute approximate surface area is 85.0 Å². The summed E-state index contributed by atoms with van der Waals surface area (Å²) >= 11 is 0. The largest absolute Gasteiger partial charge is 0.228 e. The molecule has 3 nitrogen and oxygen atoms in total. The molecule has 0 aromatic heterocycles. The standard InChI is InChI=1S/C10H15NO2S/c1-7-4-5-10(8(2)6-7)9(3)14(11,12)13/h4-6,9H,1-3H3,(H2,11,12,13). The van der Waals surface area contributed by atoms with Crippen LogP contribution in [0.25, 0.3) is 0 Å². The van der Waals surface area contributed by atoms with Crippen LogP contribution in [0.4, 0.5) is 0 Å². The predicted molar refractivity (Wildman–Crippen MR) is 57.4 cm³/mol. The molecule has 14 heavy (non-hydrogen) atoms. The molecule has 0 saturated heterocycles. The summed E-state index contributed by atoms with van der Waals surface area (Å²) in [5, 5.41) is 4.45. The third-order valence-electron chi connectivity index (χ3n) is 2.36. The Morgan fingerprint density at radius 2 is 1.86 bits per heavy atom. The number of primary sulfonamides is 1. The van der Waals surface area contributed by atoms with Crippen LogP contribution < -0.4 is 5.14 Å². The normalized spacial score (nSPS) is 14.0. The molecule has 0 amide bonds. The van der Waals surface area contributed by atoms with Crippen LogP contribution >= 0.6 is 0 Å². The second-order valence-corrected chi connectivity index (χ2v) is 5.48. The van der Waals surface area contributed by atoms with Gasteiger partial charge in [0.15, 0.2) is 0 Å². The molecule has 0 aliphatic heterocycles. The van der Waals surface area contributed by atoms with Gasteiger partial charge >= 0.3 is 0 Å². The zero-order chi connectivity index (χ0) is 10.9. The molecule has 0 radical (unpaired) electrons. The minimum absolute atomic E-state index is 0.636. The van der Waals surface area contributed by atoms with E-state index in [0.717, 1.165) is 16.7 Å². The van der Waals surface area contributed by atoms with Crippen molar-refractivity contribution in [2.24, 2.45) is 5.14 Å². The van der Waals surface area contributed by atoms with Crippen LogP contribution in [-0.4, -0.2) is 8.42 Å². The maximum absolute atomic E-state index is 11.1. The molecule has 0 heterocycles. The highest BCUT2D eigenvalue weighted by molar-refractivity contribution is 7.89. The van der Waals surface area contributed by atoms with Crippen molar-refractivity contribution < 1.29 is 8.42 Å². The summed E-state index contributed by atoms with van der Waals surface area (Å²) in [4.78, 5) is 0. The van der Waals surface area contributed by atoms with E-state index in [0.29, 0.717) is 0 Å². The first-order valence-corrected chi connectivity index (χ1v) is 6.02. The van der Waals surface area contributed by atoms with E-state index in [1.165, 1.54) is 0 Å². The number of rotatable bonds is 2. The minimum atomic E-state index is -3.49. The summed E-state index contributed by atoms with van der Waals surface area (Å²) in [5.74, 6) is 0. The number of benzene rings is 1. The molecular weight excluding hydrogens is 198 g/mol. The Hall–Kier alpha value is -0.870. The molecule has 1 unspecified atom stereocenters. The van der Waals surface area contributed by atoms with Gasteiger partial charge in [0.25, 0.3) is 0 Å². The summed E-state index contributed by atoms with van der Waals surface area (Å²) in [5.41, 5.74) is 2.86. The van der Waals surface area contributed by atoms with Crippen LogP contribution in [0.5, 0.6) is 0 Å². The Morgan fingerprint density at radius 3 is 2.29 bits per heavy atom. The molecule has 1 atom stereocenters. The number of hydrogen-bond acceptors (Lipinski definition) is 2. The molecule has 0 fully saturated rings. The smallest absolute Gasteiger partial charge is 0.215 e. The third kappa shape index (κ3) is 2.33. The second-order valence-electron chi connectivity index (χ2n) is 3.59. The SMILES string of the molecule is Cc1ccc(C(C)S(N)(=O)=O)c(C)c1. The molecule has 1 aromatic rings. The molecule has 1 rings (SSSR count). The van der Waals surface area contributed by atoms with Crippen molar-refractivity contribution in [2.75, 3.05) is 0 Å². The fraction of sp³-hybridized carbons (Fsp3) is 0.400. The van der Waals surface area contributed by atoms with Crippen LogP contribution in [0.2, 0.25) is 0 Å². The van der Waals surface area contributed by atoms with E-state index >= 15 is 0 Å². The zero-order valence-corrected chi connectivity index (χ0v) is 9.43. The summed E-state index contributed by atoms with van der Waals surface area (Å²) in [6.45, 7) is 5.47. The quantitative estimate of drug-likeness (QED) is 0.812. The van der Waals surface area contributed by atoms with E-state index in [1.54, 1.807) is 6.92 Å². The van der Waals surface area contributed by atoms with E-state index in [4.69, 9.17) is 5.14 Å². The molecule has 0 bridgehead atoms. The average Bonchev–Trinajstić information content (AvgIpc) is 2.01. The van der Waals surface area contributed by atoms with Crippen molar-refractivity contribution in [3.63, 3.8) is 0 Å². The van der Waals surface area contributed by atoms with Crippen LogP contribution in [0.15, 0.2) is 18.2 Å². The molecule has 1 aromatic carbocycles.